The van der Waals surface area contributed by atoms with E-state index < -0.39 is 17.7 Å². The Balaban J connectivity index is 1.38. The number of halogens is 2. The normalized spacial score (nSPS) is 16.1. The Bertz CT molecular complexity index is 767. The molecule has 0 bridgehead atoms. The van der Waals surface area contributed by atoms with Crippen LogP contribution in [0, 0.1) is 11.6 Å². The molecule has 1 aliphatic rings. The number of benzene rings is 2. The molecule has 152 valence electrons. The van der Waals surface area contributed by atoms with Crippen LogP contribution >= 0.6 is 0 Å². The molecule has 1 unspecified atom stereocenters. The first-order valence-electron chi connectivity index (χ1n) is 9.43. The smallest absolute Gasteiger partial charge is 0.160 e. The number of rotatable bonds is 8. The maximum absolute atomic E-state index is 13.4. The fourth-order valence-corrected chi connectivity index (χ4v) is 3.27. The lowest BCUT2D eigenvalue weighted by Gasteiger charge is -2.34. The number of hydrogen-bond acceptors (Lipinski definition) is 5. The summed E-state index contributed by atoms with van der Waals surface area (Å²) in [4.78, 5) is 2.04. The van der Waals surface area contributed by atoms with E-state index in [2.05, 4.69) is 5.32 Å². The highest BCUT2D eigenvalue weighted by atomic mass is 19.2. The summed E-state index contributed by atoms with van der Waals surface area (Å²) in [6.45, 7) is 2.12. The molecule has 2 aromatic carbocycles. The minimum absolute atomic E-state index is 0.188. The lowest BCUT2D eigenvalue weighted by molar-refractivity contribution is 0.102. The fourth-order valence-electron chi connectivity index (χ4n) is 3.27. The molecule has 3 rings (SSSR count). The fraction of sp³-hybridized carbons (Fsp3) is 0.429. The van der Waals surface area contributed by atoms with Crippen molar-refractivity contribution < 1.29 is 23.4 Å². The van der Waals surface area contributed by atoms with Crippen molar-refractivity contribution in [3.8, 4) is 11.5 Å². The number of piperidine rings is 1. The van der Waals surface area contributed by atoms with Crippen molar-refractivity contribution in [1.82, 2.24) is 5.32 Å². The maximum atomic E-state index is 13.4. The Labute approximate surface area is 163 Å². The first kappa shape index (κ1) is 20.4. The number of anilines is 1. The topological polar surface area (TPSA) is 54.0 Å². The maximum Gasteiger partial charge on any atom is 0.160 e. The molecule has 1 saturated heterocycles. The average molecular weight is 392 g/mol. The van der Waals surface area contributed by atoms with Crippen molar-refractivity contribution in [2.24, 2.45) is 0 Å². The lowest BCUT2D eigenvalue weighted by atomic mass is 10.0. The van der Waals surface area contributed by atoms with E-state index in [1.807, 2.05) is 23.1 Å². The van der Waals surface area contributed by atoms with Gasteiger partial charge in [0.2, 0.25) is 0 Å². The van der Waals surface area contributed by atoms with Crippen LogP contribution in [-0.4, -0.2) is 50.6 Å². The molecular weight excluding hydrogens is 366 g/mol. The highest BCUT2D eigenvalue weighted by Crippen LogP contribution is 2.22. The summed E-state index contributed by atoms with van der Waals surface area (Å²) in [5.41, 5.74) is 0.698. The third-order valence-corrected chi connectivity index (χ3v) is 4.89. The third kappa shape index (κ3) is 5.56. The average Bonchev–Trinajstić information content (AvgIpc) is 2.73. The Morgan fingerprint density at radius 2 is 1.86 bits per heavy atom. The number of aliphatic hydroxyl groups excluding tert-OH is 1. The highest BCUT2D eigenvalue weighted by Gasteiger charge is 2.20. The molecule has 0 aromatic heterocycles. The first-order chi connectivity index (χ1) is 13.5. The first-order valence-corrected chi connectivity index (χ1v) is 9.43. The van der Waals surface area contributed by atoms with Crippen molar-refractivity contribution in [1.29, 1.82) is 0 Å². The van der Waals surface area contributed by atoms with Crippen molar-refractivity contribution in [3.63, 3.8) is 0 Å². The highest BCUT2D eigenvalue weighted by molar-refractivity contribution is 5.47. The van der Waals surface area contributed by atoms with E-state index in [9.17, 15) is 13.9 Å². The molecule has 0 saturated carbocycles. The Morgan fingerprint density at radius 3 is 2.57 bits per heavy atom. The van der Waals surface area contributed by atoms with Gasteiger partial charge in [0.25, 0.3) is 0 Å². The molecule has 0 aliphatic carbocycles. The summed E-state index contributed by atoms with van der Waals surface area (Å²) in [7, 11) is 1.59. The summed E-state index contributed by atoms with van der Waals surface area (Å²) in [5, 5.41) is 13.5. The van der Waals surface area contributed by atoms with E-state index in [4.69, 9.17) is 9.47 Å². The SMILES string of the molecule is COc1cccc(OCC(O)CNC2CCN(c3ccc(F)c(F)c3)CC2)c1. The predicted octanol–water partition coefficient (Wildman–Crippen LogP) is 2.97. The van der Waals surface area contributed by atoms with Crippen LogP contribution in [0.15, 0.2) is 42.5 Å². The number of ether oxygens (including phenoxy) is 2. The second-order valence-corrected chi connectivity index (χ2v) is 6.91. The second kappa shape index (κ2) is 9.71. The molecule has 28 heavy (non-hydrogen) atoms. The van der Waals surface area contributed by atoms with Gasteiger partial charge < -0.3 is 24.8 Å². The summed E-state index contributed by atoms with van der Waals surface area (Å²) >= 11 is 0. The quantitative estimate of drug-likeness (QED) is 0.724. The molecule has 1 atom stereocenters. The van der Waals surface area contributed by atoms with Crippen LogP contribution in [-0.2, 0) is 0 Å². The van der Waals surface area contributed by atoms with Gasteiger partial charge in [0, 0.05) is 43.5 Å². The third-order valence-electron chi connectivity index (χ3n) is 4.89. The largest absolute Gasteiger partial charge is 0.497 e. The van der Waals surface area contributed by atoms with Gasteiger partial charge >= 0.3 is 0 Å². The van der Waals surface area contributed by atoms with Gasteiger partial charge in [0.05, 0.1) is 7.11 Å². The van der Waals surface area contributed by atoms with Crippen molar-refractivity contribution in [3.05, 3.63) is 54.1 Å². The molecular formula is C21H26F2N2O3. The molecule has 1 fully saturated rings. The van der Waals surface area contributed by atoms with Gasteiger partial charge in [-0.1, -0.05) is 6.07 Å². The van der Waals surface area contributed by atoms with Crippen LogP contribution in [0.1, 0.15) is 12.8 Å². The number of nitrogens with one attached hydrogen (secondary N) is 1. The molecule has 1 heterocycles. The zero-order chi connectivity index (χ0) is 19.9. The molecule has 0 amide bonds. The Kier molecular flexibility index (Phi) is 7.06. The van der Waals surface area contributed by atoms with E-state index in [-0.39, 0.29) is 12.6 Å². The summed E-state index contributed by atoms with van der Waals surface area (Å²) in [6, 6.07) is 11.5. The minimum atomic E-state index is -0.828. The molecule has 5 nitrogen and oxygen atoms in total. The molecule has 7 heteroatoms. The summed E-state index contributed by atoms with van der Waals surface area (Å²) in [6.07, 6.45) is 1.10. The molecule has 2 N–H and O–H groups in total. The van der Waals surface area contributed by atoms with Crippen molar-refractivity contribution in [2.45, 2.75) is 25.0 Å². The van der Waals surface area contributed by atoms with Gasteiger partial charge in [-0.25, -0.2) is 8.78 Å². The van der Waals surface area contributed by atoms with Gasteiger partial charge in [-0.2, -0.15) is 0 Å². The zero-order valence-corrected chi connectivity index (χ0v) is 15.9. The lowest BCUT2D eigenvalue weighted by Crippen LogP contribution is -2.45. The standard InChI is InChI=1S/C21H26F2N2O3/c1-27-18-3-2-4-19(12-18)28-14-17(26)13-24-15-7-9-25(10-8-15)16-5-6-20(22)21(23)11-16/h2-6,11-12,15,17,24,26H,7-10,13-14H2,1H3. The molecule has 0 spiro atoms. The van der Waals surface area contributed by atoms with Crippen LogP contribution in [0.2, 0.25) is 0 Å². The van der Waals surface area contributed by atoms with Crippen LogP contribution in [0.3, 0.4) is 0 Å². The van der Waals surface area contributed by atoms with Gasteiger partial charge in [-0.3, -0.25) is 0 Å². The van der Waals surface area contributed by atoms with E-state index >= 15 is 0 Å². The molecule has 2 aromatic rings. The number of methoxy groups -OCH3 is 1. The van der Waals surface area contributed by atoms with Crippen LogP contribution in [0.4, 0.5) is 14.5 Å². The number of nitrogens with zero attached hydrogens (tertiary/aromatic N) is 1. The van der Waals surface area contributed by atoms with E-state index in [0.29, 0.717) is 23.7 Å². The van der Waals surface area contributed by atoms with Crippen molar-refractivity contribution in [2.75, 3.05) is 38.3 Å². The van der Waals surface area contributed by atoms with Gasteiger partial charge in [0.1, 0.15) is 24.2 Å². The van der Waals surface area contributed by atoms with E-state index in [1.165, 1.54) is 6.07 Å². The van der Waals surface area contributed by atoms with Crippen LogP contribution < -0.4 is 19.7 Å². The second-order valence-electron chi connectivity index (χ2n) is 6.91. The summed E-state index contributed by atoms with van der Waals surface area (Å²) < 4.78 is 37.2. The van der Waals surface area contributed by atoms with Crippen molar-refractivity contribution >= 4 is 5.69 Å². The minimum Gasteiger partial charge on any atom is -0.497 e. The van der Waals surface area contributed by atoms with E-state index in [0.717, 1.165) is 32.0 Å². The van der Waals surface area contributed by atoms with Gasteiger partial charge in [0.15, 0.2) is 11.6 Å². The number of hydrogen-bond donors (Lipinski definition) is 2. The monoisotopic (exact) mass is 392 g/mol. The Morgan fingerprint density at radius 1 is 1.11 bits per heavy atom. The van der Waals surface area contributed by atoms with Gasteiger partial charge in [-0.05, 0) is 37.1 Å². The number of aliphatic hydroxyl groups is 1. The van der Waals surface area contributed by atoms with Crippen LogP contribution in [0.25, 0.3) is 0 Å². The van der Waals surface area contributed by atoms with Crippen LogP contribution in [0.5, 0.6) is 11.5 Å². The zero-order valence-electron chi connectivity index (χ0n) is 15.9. The van der Waals surface area contributed by atoms with Gasteiger partial charge in [-0.15, -0.1) is 0 Å². The summed E-state index contributed by atoms with van der Waals surface area (Å²) in [5.74, 6) is -0.293. The molecule has 0 radical (unpaired) electrons. The van der Waals surface area contributed by atoms with E-state index in [1.54, 1.807) is 19.2 Å². The molecule has 1 aliphatic heterocycles. The predicted molar refractivity (Wildman–Crippen MR) is 104 cm³/mol. The Hall–Kier alpha value is -2.38.